The molecule has 118 valence electrons. The van der Waals surface area contributed by atoms with Gasteiger partial charge in [0.2, 0.25) is 11.1 Å². The highest BCUT2D eigenvalue weighted by atomic mass is 32.2. The zero-order chi connectivity index (χ0) is 16.1. The minimum absolute atomic E-state index is 0.132. The molecule has 0 aliphatic rings. The van der Waals surface area contributed by atoms with E-state index >= 15 is 0 Å². The molecule has 0 fully saturated rings. The molecule has 8 heteroatoms. The van der Waals surface area contributed by atoms with Gasteiger partial charge in [-0.15, -0.1) is 5.10 Å². The molecule has 0 aliphatic carbocycles. The van der Waals surface area contributed by atoms with Crippen molar-refractivity contribution in [1.82, 2.24) is 20.2 Å². The predicted octanol–water partition coefficient (Wildman–Crippen LogP) is 2.30. The van der Waals surface area contributed by atoms with Crippen LogP contribution in [0.4, 0.5) is 5.69 Å². The number of methoxy groups -OCH3 is 1. The molecule has 2 aromatic rings. The van der Waals surface area contributed by atoms with Crippen molar-refractivity contribution in [2.75, 3.05) is 18.2 Å². The maximum Gasteiger partial charge on any atom is 0.234 e. The standard InChI is InChI=1S/C14H19N5O2S/c1-9(2)19-14(16-17-18-19)22-8-13(20)15-11-7-10(3)5-6-12(11)21-4/h5-7,9H,8H2,1-4H3,(H,15,20). The zero-order valence-corrected chi connectivity index (χ0v) is 13.8. The van der Waals surface area contributed by atoms with Crippen LogP contribution in [0.25, 0.3) is 0 Å². The summed E-state index contributed by atoms with van der Waals surface area (Å²) in [6.07, 6.45) is 0. The van der Waals surface area contributed by atoms with Gasteiger partial charge in [-0.2, -0.15) is 0 Å². The van der Waals surface area contributed by atoms with Crippen molar-refractivity contribution >= 4 is 23.4 Å². The number of benzene rings is 1. The van der Waals surface area contributed by atoms with Crippen LogP contribution in [0.1, 0.15) is 25.5 Å². The Morgan fingerprint density at radius 3 is 2.91 bits per heavy atom. The average molecular weight is 321 g/mol. The molecule has 0 radical (unpaired) electrons. The monoisotopic (exact) mass is 321 g/mol. The Bertz CT molecular complexity index is 656. The molecule has 0 saturated heterocycles. The Kier molecular flexibility index (Phi) is 5.37. The number of nitrogens with zero attached hydrogens (tertiary/aromatic N) is 4. The van der Waals surface area contributed by atoms with Crippen LogP contribution >= 0.6 is 11.8 Å². The highest BCUT2D eigenvalue weighted by Crippen LogP contribution is 2.25. The second-order valence-electron chi connectivity index (χ2n) is 5.04. The number of carbonyl (C=O) groups excluding carboxylic acids is 1. The highest BCUT2D eigenvalue weighted by molar-refractivity contribution is 7.99. The van der Waals surface area contributed by atoms with Crippen LogP contribution in [0, 0.1) is 6.92 Å². The molecule has 0 spiro atoms. The van der Waals surface area contributed by atoms with Crippen molar-refractivity contribution in [2.45, 2.75) is 32.0 Å². The van der Waals surface area contributed by atoms with E-state index in [0.29, 0.717) is 16.6 Å². The third-order valence-electron chi connectivity index (χ3n) is 2.91. The largest absolute Gasteiger partial charge is 0.495 e. The smallest absolute Gasteiger partial charge is 0.234 e. The number of thioether (sulfide) groups is 1. The molecule has 1 heterocycles. The fourth-order valence-electron chi connectivity index (χ4n) is 1.84. The summed E-state index contributed by atoms with van der Waals surface area (Å²) in [5, 5.41) is 14.9. The number of anilines is 1. The number of hydrogen-bond acceptors (Lipinski definition) is 6. The fourth-order valence-corrected chi connectivity index (χ4v) is 2.65. The fraction of sp³-hybridized carbons (Fsp3) is 0.429. The summed E-state index contributed by atoms with van der Waals surface area (Å²) in [5.41, 5.74) is 1.71. The Morgan fingerprint density at radius 2 is 2.23 bits per heavy atom. The second-order valence-corrected chi connectivity index (χ2v) is 5.98. The highest BCUT2D eigenvalue weighted by Gasteiger charge is 2.13. The van der Waals surface area contributed by atoms with Crippen molar-refractivity contribution in [3.63, 3.8) is 0 Å². The van der Waals surface area contributed by atoms with Gasteiger partial charge in [0.1, 0.15) is 5.75 Å². The third-order valence-corrected chi connectivity index (χ3v) is 3.85. The summed E-state index contributed by atoms with van der Waals surface area (Å²) in [7, 11) is 1.58. The zero-order valence-electron chi connectivity index (χ0n) is 13.0. The number of hydrogen-bond donors (Lipinski definition) is 1. The molecule has 1 N–H and O–H groups in total. The van der Waals surface area contributed by atoms with Crippen molar-refractivity contribution < 1.29 is 9.53 Å². The molecule has 0 bridgehead atoms. The van der Waals surface area contributed by atoms with E-state index in [-0.39, 0.29) is 17.7 Å². The first-order valence-corrected chi connectivity index (χ1v) is 7.85. The van der Waals surface area contributed by atoms with E-state index in [1.807, 2.05) is 39.0 Å². The van der Waals surface area contributed by atoms with Crippen LogP contribution in [-0.2, 0) is 4.79 Å². The quantitative estimate of drug-likeness (QED) is 0.822. The molecular formula is C14H19N5O2S. The van der Waals surface area contributed by atoms with Gasteiger partial charge in [0.15, 0.2) is 0 Å². The van der Waals surface area contributed by atoms with Gasteiger partial charge in [-0.25, -0.2) is 4.68 Å². The first-order chi connectivity index (χ1) is 10.5. The molecule has 22 heavy (non-hydrogen) atoms. The molecule has 1 aromatic carbocycles. The van der Waals surface area contributed by atoms with Crippen LogP contribution in [0.3, 0.4) is 0 Å². The maximum atomic E-state index is 12.1. The van der Waals surface area contributed by atoms with Gasteiger partial charge in [0, 0.05) is 0 Å². The van der Waals surface area contributed by atoms with E-state index in [1.165, 1.54) is 11.8 Å². The van der Waals surface area contributed by atoms with Crippen molar-refractivity contribution in [1.29, 1.82) is 0 Å². The number of aryl methyl sites for hydroxylation is 1. The molecule has 1 amide bonds. The summed E-state index contributed by atoms with van der Waals surface area (Å²) in [4.78, 5) is 12.1. The molecule has 1 aromatic heterocycles. The first-order valence-electron chi connectivity index (χ1n) is 6.86. The van der Waals surface area contributed by atoms with E-state index in [0.717, 1.165) is 5.56 Å². The summed E-state index contributed by atoms with van der Waals surface area (Å²) < 4.78 is 6.93. The van der Waals surface area contributed by atoms with Crippen LogP contribution in [-0.4, -0.2) is 39.0 Å². The SMILES string of the molecule is COc1ccc(C)cc1NC(=O)CSc1nnnn1C(C)C. The van der Waals surface area contributed by atoms with Crippen molar-refractivity contribution in [3.05, 3.63) is 23.8 Å². The van der Waals surface area contributed by atoms with E-state index in [9.17, 15) is 4.79 Å². The lowest BCUT2D eigenvalue weighted by Gasteiger charge is -2.11. The Balaban J connectivity index is 1.99. The Hall–Kier alpha value is -2.09. The summed E-state index contributed by atoms with van der Waals surface area (Å²) in [6.45, 7) is 5.93. The molecule has 0 aliphatic heterocycles. The number of tetrazole rings is 1. The van der Waals surface area contributed by atoms with E-state index in [1.54, 1.807) is 11.8 Å². The summed E-state index contributed by atoms with van der Waals surface area (Å²) in [5.74, 6) is 0.729. The minimum Gasteiger partial charge on any atom is -0.495 e. The van der Waals surface area contributed by atoms with Gasteiger partial charge in [-0.05, 0) is 48.9 Å². The molecular weight excluding hydrogens is 302 g/mol. The molecule has 2 rings (SSSR count). The molecule has 7 nitrogen and oxygen atoms in total. The van der Waals surface area contributed by atoms with Crippen molar-refractivity contribution in [2.24, 2.45) is 0 Å². The topological polar surface area (TPSA) is 81.9 Å². The Labute approximate surface area is 133 Å². The Morgan fingerprint density at radius 1 is 1.45 bits per heavy atom. The number of amides is 1. The van der Waals surface area contributed by atoms with E-state index < -0.39 is 0 Å². The van der Waals surface area contributed by atoms with Crippen LogP contribution < -0.4 is 10.1 Å². The van der Waals surface area contributed by atoms with Gasteiger partial charge in [-0.1, -0.05) is 17.8 Å². The number of carbonyl (C=O) groups is 1. The lowest BCUT2D eigenvalue weighted by atomic mass is 10.2. The predicted molar refractivity (Wildman–Crippen MR) is 85.3 cm³/mol. The maximum absolute atomic E-state index is 12.1. The number of ether oxygens (including phenoxy) is 1. The van der Waals surface area contributed by atoms with Gasteiger partial charge >= 0.3 is 0 Å². The van der Waals surface area contributed by atoms with Gasteiger partial charge < -0.3 is 10.1 Å². The van der Waals surface area contributed by atoms with Gasteiger partial charge in [0.05, 0.1) is 24.6 Å². The third kappa shape index (κ3) is 3.97. The second kappa shape index (κ2) is 7.26. The van der Waals surface area contributed by atoms with Gasteiger partial charge in [0.25, 0.3) is 0 Å². The van der Waals surface area contributed by atoms with Crippen LogP contribution in [0.15, 0.2) is 23.4 Å². The van der Waals surface area contributed by atoms with E-state index in [4.69, 9.17) is 4.74 Å². The van der Waals surface area contributed by atoms with Crippen LogP contribution in [0.5, 0.6) is 5.75 Å². The molecule has 0 saturated carbocycles. The van der Waals surface area contributed by atoms with Gasteiger partial charge in [-0.3, -0.25) is 4.79 Å². The normalized spacial score (nSPS) is 10.8. The number of rotatable bonds is 6. The lowest BCUT2D eigenvalue weighted by molar-refractivity contribution is -0.113. The summed E-state index contributed by atoms with van der Waals surface area (Å²) in [6, 6.07) is 5.79. The molecule has 0 atom stereocenters. The minimum atomic E-state index is -0.132. The lowest BCUT2D eigenvalue weighted by Crippen LogP contribution is -2.15. The molecule has 0 unspecified atom stereocenters. The van der Waals surface area contributed by atoms with Crippen molar-refractivity contribution in [3.8, 4) is 5.75 Å². The van der Waals surface area contributed by atoms with Crippen LogP contribution in [0.2, 0.25) is 0 Å². The average Bonchev–Trinajstić information content (AvgIpc) is 2.94. The van der Waals surface area contributed by atoms with E-state index in [2.05, 4.69) is 20.8 Å². The first kappa shape index (κ1) is 16.3. The summed E-state index contributed by atoms with van der Waals surface area (Å²) >= 11 is 1.30. The number of aromatic nitrogens is 4. The number of nitrogens with one attached hydrogen (secondary N) is 1.